The molecule has 0 spiro atoms. The van der Waals surface area contributed by atoms with Crippen molar-refractivity contribution < 1.29 is 14.0 Å². The highest BCUT2D eigenvalue weighted by molar-refractivity contribution is 5.97. The maximum atomic E-state index is 13.4. The van der Waals surface area contributed by atoms with E-state index in [0.717, 1.165) is 49.8 Å². The highest BCUT2D eigenvalue weighted by Gasteiger charge is 2.21. The Morgan fingerprint density at radius 1 is 1.09 bits per heavy atom. The molecule has 0 unspecified atom stereocenters. The first kappa shape index (κ1) is 23.7. The second-order valence-corrected chi connectivity index (χ2v) is 9.02. The van der Waals surface area contributed by atoms with Crippen LogP contribution in [0.25, 0.3) is 11.3 Å². The van der Waals surface area contributed by atoms with Gasteiger partial charge in [-0.1, -0.05) is 37.5 Å². The second-order valence-electron chi connectivity index (χ2n) is 9.02. The van der Waals surface area contributed by atoms with Crippen LogP contribution in [0.1, 0.15) is 54.6 Å². The lowest BCUT2D eigenvalue weighted by atomic mass is 9.88. The van der Waals surface area contributed by atoms with Gasteiger partial charge in [0.1, 0.15) is 5.82 Å². The Bertz CT molecular complexity index is 1140. The molecule has 0 aliphatic heterocycles. The maximum absolute atomic E-state index is 13.4. The Kier molecular flexibility index (Phi) is 7.72. The standard InChI is InChI=1S/C27H31FN4O2/c1-32(15-7-14-24-18-25(31-30-24)20-10-5-12-22(28)16-20)27(34)21-11-6-13-23(17-21)29-26(33)19-8-3-2-4-9-19/h5-6,10-13,16-19H,2-4,7-9,14-15H2,1H3,(H,29,33)(H,30,31). The number of rotatable bonds is 8. The zero-order valence-corrected chi connectivity index (χ0v) is 19.5. The van der Waals surface area contributed by atoms with Gasteiger partial charge >= 0.3 is 0 Å². The summed E-state index contributed by atoms with van der Waals surface area (Å²) in [6, 6.07) is 15.4. The van der Waals surface area contributed by atoms with Crippen molar-refractivity contribution in [2.45, 2.75) is 44.9 Å². The van der Waals surface area contributed by atoms with Crippen LogP contribution in [0.3, 0.4) is 0 Å². The maximum Gasteiger partial charge on any atom is 0.253 e. The number of amides is 2. The third-order valence-corrected chi connectivity index (χ3v) is 6.39. The molecule has 6 nitrogen and oxygen atoms in total. The molecule has 0 radical (unpaired) electrons. The second kappa shape index (κ2) is 11.1. The molecule has 1 heterocycles. The van der Waals surface area contributed by atoms with E-state index in [1.165, 1.54) is 18.6 Å². The molecule has 2 amide bonds. The quantitative estimate of drug-likeness (QED) is 0.468. The van der Waals surface area contributed by atoms with Gasteiger partial charge in [0.05, 0.1) is 5.69 Å². The first-order valence-corrected chi connectivity index (χ1v) is 12.0. The fourth-order valence-corrected chi connectivity index (χ4v) is 4.45. The Balaban J connectivity index is 1.28. The monoisotopic (exact) mass is 462 g/mol. The van der Waals surface area contributed by atoms with Crippen molar-refractivity contribution in [2.75, 3.05) is 18.9 Å². The molecule has 1 saturated carbocycles. The molecule has 1 fully saturated rings. The minimum absolute atomic E-state index is 0.0508. The van der Waals surface area contributed by atoms with Crippen molar-refractivity contribution in [2.24, 2.45) is 5.92 Å². The summed E-state index contributed by atoms with van der Waals surface area (Å²) in [5, 5.41) is 10.2. The fraction of sp³-hybridized carbons (Fsp3) is 0.370. The summed E-state index contributed by atoms with van der Waals surface area (Å²) < 4.78 is 13.4. The predicted octanol–water partition coefficient (Wildman–Crippen LogP) is 5.44. The molecule has 0 bridgehead atoms. The summed E-state index contributed by atoms with van der Waals surface area (Å²) in [5.74, 6) is -0.256. The van der Waals surface area contributed by atoms with Crippen LogP contribution >= 0.6 is 0 Å². The molecule has 0 saturated heterocycles. The number of halogens is 1. The first-order valence-electron chi connectivity index (χ1n) is 12.0. The first-order chi connectivity index (χ1) is 16.5. The fourth-order valence-electron chi connectivity index (χ4n) is 4.45. The van der Waals surface area contributed by atoms with Crippen LogP contribution < -0.4 is 5.32 Å². The van der Waals surface area contributed by atoms with Crippen LogP contribution in [0.2, 0.25) is 0 Å². The van der Waals surface area contributed by atoms with E-state index in [4.69, 9.17) is 0 Å². The summed E-state index contributed by atoms with van der Waals surface area (Å²) >= 11 is 0. The number of aromatic amines is 1. The molecule has 2 aromatic carbocycles. The average molecular weight is 463 g/mol. The van der Waals surface area contributed by atoms with Crippen LogP contribution in [-0.2, 0) is 11.2 Å². The van der Waals surface area contributed by atoms with Gasteiger partial charge in [0.2, 0.25) is 5.91 Å². The third-order valence-electron chi connectivity index (χ3n) is 6.39. The number of anilines is 1. The van der Waals surface area contributed by atoms with Gasteiger partial charge < -0.3 is 10.2 Å². The molecule has 1 aliphatic carbocycles. The molecular formula is C27H31FN4O2. The van der Waals surface area contributed by atoms with Crippen LogP contribution in [0, 0.1) is 11.7 Å². The normalized spacial score (nSPS) is 14.1. The minimum Gasteiger partial charge on any atom is -0.342 e. The molecule has 178 valence electrons. The van der Waals surface area contributed by atoms with E-state index in [1.807, 2.05) is 18.2 Å². The van der Waals surface area contributed by atoms with Crippen LogP contribution in [-0.4, -0.2) is 40.5 Å². The van der Waals surface area contributed by atoms with Crippen molar-refractivity contribution in [3.8, 4) is 11.3 Å². The number of carbonyl (C=O) groups is 2. The Morgan fingerprint density at radius 3 is 2.68 bits per heavy atom. The summed E-state index contributed by atoms with van der Waals surface area (Å²) in [5.41, 5.74) is 3.58. The number of nitrogens with one attached hydrogen (secondary N) is 2. The summed E-state index contributed by atoms with van der Waals surface area (Å²) in [6.45, 7) is 0.575. The van der Waals surface area contributed by atoms with Crippen LogP contribution in [0.4, 0.5) is 10.1 Å². The van der Waals surface area contributed by atoms with E-state index in [2.05, 4.69) is 15.5 Å². The summed E-state index contributed by atoms with van der Waals surface area (Å²) in [7, 11) is 1.78. The van der Waals surface area contributed by atoms with Crippen molar-refractivity contribution >= 4 is 17.5 Å². The largest absolute Gasteiger partial charge is 0.342 e. The number of aryl methyl sites for hydroxylation is 1. The Labute approximate surface area is 199 Å². The molecule has 34 heavy (non-hydrogen) atoms. The van der Waals surface area contributed by atoms with Crippen molar-refractivity contribution in [1.29, 1.82) is 0 Å². The third kappa shape index (κ3) is 6.10. The van der Waals surface area contributed by atoms with Gasteiger partial charge in [-0.2, -0.15) is 5.10 Å². The zero-order chi connectivity index (χ0) is 23.9. The number of nitrogens with zero attached hydrogens (tertiary/aromatic N) is 2. The minimum atomic E-state index is -0.292. The van der Waals surface area contributed by atoms with Crippen LogP contribution in [0.5, 0.6) is 0 Å². The van der Waals surface area contributed by atoms with E-state index < -0.39 is 0 Å². The summed E-state index contributed by atoms with van der Waals surface area (Å²) in [4.78, 5) is 27.1. The SMILES string of the molecule is CN(CCCc1cc(-c2cccc(F)c2)n[nH]1)C(=O)c1cccc(NC(=O)C2CCCCC2)c1. The molecule has 1 aromatic heterocycles. The number of hydrogen-bond donors (Lipinski definition) is 2. The average Bonchev–Trinajstić information content (AvgIpc) is 3.33. The smallest absolute Gasteiger partial charge is 0.253 e. The molecular weight excluding hydrogens is 431 g/mol. The van der Waals surface area contributed by atoms with Gasteiger partial charge in [0.25, 0.3) is 5.91 Å². The highest BCUT2D eigenvalue weighted by Crippen LogP contribution is 2.25. The molecule has 4 rings (SSSR count). The van der Waals surface area contributed by atoms with Crippen molar-refractivity contribution in [3.05, 3.63) is 71.7 Å². The highest BCUT2D eigenvalue weighted by atomic mass is 19.1. The lowest BCUT2D eigenvalue weighted by Crippen LogP contribution is -2.28. The Morgan fingerprint density at radius 2 is 1.88 bits per heavy atom. The zero-order valence-electron chi connectivity index (χ0n) is 19.5. The van der Waals surface area contributed by atoms with E-state index in [0.29, 0.717) is 23.5 Å². The van der Waals surface area contributed by atoms with Gasteiger partial charge in [-0.3, -0.25) is 14.7 Å². The van der Waals surface area contributed by atoms with E-state index >= 15 is 0 Å². The molecule has 3 aromatic rings. The Hall–Kier alpha value is -3.48. The number of carbonyl (C=O) groups excluding carboxylic acids is 2. The van der Waals surface area contributed by atoms with E-state index in [9.17, 15) is 14.0 Å². The van der Waals surface area contributed by atoms with Gasteiger partial charge in [0, 0.05) is 42.0 Å². The van der Waals surface area contributed by atoms with E-state index in [-0.39, 0.29) is 23.5 Å². The number of benzene rings is 2. The lowest BCUT2D eigenvalue weighted by Gasteiger charge is -2.21. The summed E-state index contributed by atoms with van der Waals surface area (Å²) in [6.07, 6.45) is 6.76. The molecule has 0 atom stereocenters. The number of H-pyrrole nitrogens is 1. The number of hydrogen-bond acceptors (Lipinski definition) is 3. The molecule has 2 N–H and O–H groups in total. The number of aromatic nitrogens is 2. The predicted molar refractivity (Wildman–Crippen MR) is 131 cm³/mol. The van der Waals surface area contributed by atoms with Crippen LogP contribution in [0.15, 0.2) is 54.6 Å². The van der Waals surface area contributed by atoms with Gasteiger partial charge in [0.15, 0.2) is 0 Å². The van der Waals surface area contributed by atoms with Crippen molar-refractivity contribution in [1.82, 2.24) is 15.1 Å². The van der Waals surface area contributed by atoms with Crippen molar-refractivity contribution in [3.63, 3.8) is 0 Å². The van der Waals surface area contributed by atoms with Gasteiger partial charge in [-0.25, -0.2) is 4.39 Å². The van der Waals surface area contributed by atoms with E-state index in [1.54, 1.807) is 36.2 Å². The molecule has 1 aliphatic rings. The lowest BCUT2D eigenvalue weighted by molar-refractivity contribution is -0.120. The molecule has 7 heteroatoms. The van der Waals surface area contributed by atoms with Gasteiger partial charge in [-0.05, 0) is 62.1 Å². The topological polar surface area (TPSA) is 78.1 Å². The van der Waals surface area contributed by atoms with Gasteiger partial charge in [-0.15, -0.1) is 0 Å².